The highest BCUT2D eigenvalue weighted by Gasteiger charge is 2.19. The molecule has 0 aliphatic rings. The number of hydrogen-bond donors (Lipinski definition) is 3. The van der Waals surface area contributed by atoms with Gasteiger partial charge < -0.3 is 10.3 Å². The third-order valence-electron chi connectivity index (χ3n) is 4.79. The minimum Gasteiger partial charge on any atom is -0.338 e. The minimum atomic E-state index is -0.509. The first-order chi connectivity index (χ1) is 14.6. The van der Waals surface area contributed by atoms with Crippen molar-refractivity contribution >= 4 is 39.2 Å². The van der Waals surface area contributed by atoms with Gasteiger partial charge in [-0.15, -0.1) is 0 Å². The number of aromatic nitrogens is 4. The number of H-pyrrole nitrogens is 2. The number of nitrogens with one attached hydrogen (secondary N) is 3. The Labute approximate surface area is 168 Å². The number of non-ortho nitro benzene ring substituents is 1. The summed E-state index contributed by atoms with van der Waals surface area (Å²) < 4.78 is 0. The van der Waals surface area contributed by atoms with Crippen LogP contribution in [0, 0.1) is 10.1 Å². The topological polar surface area (TPSA) is 130 Å². The molecule has 30 heavy (non-hydrogen) atoms. The average Bonchev–Trinajstić information content (AvgIpc) is 3.37. The highest BCUT2D eigenvalue weighted by Crippen LogP contribution is 2.29. The summed E-state index contributed by atoms with van der Waals surface area (Å²) in [7, 11) is 0. The molecule has 146 valence electrons. The van der Waals surface area contributed by atoms with Gasteiger partial charge >= 0.3 is 0 Å². The summed E-state index contributed by atoms with van der Waals surface area (Å²) >= 11 is 0. The quantitative estimate of drug-likeness (QED) is 0.307. The zero-order valence-electron chi connectivity index (χ0n) is 15.4. The van der Waals surface area contributed by atoms with Gasteiger partial charge in [0.05, 0.1) is 27.2 Å². The van der Waals surface area contributed by atoms with Crippen molar-refractivity contribution in [3.8, 4) is 11.4 Å². The zero-order chi connectivity index (χ0) is 20.7. The number of imidazole rings is 1. The van der Waals surface area contributed by atoms with Crippen LogP contribution in [0.5, 0.6) is 0 Å². The summed E-state index contributed by atoms with van der Waals surface area (Å²) in [6, 6.07) is 19.1. The molecule has 1 amide bonds. The molecule has 0 atom stereocenters. The lowest BCUT2D eigenvalue weighted by Gasteiger charge is -2.08. The van der Waals surface area contributed by atoms with Crippen LogP contribution in [0.1, 0.15) is 10.5 Å². The van der Waals surface area contributed by atoms with Crippen molar-refractivity contribution in [2.24, 2.45) is 0 Å². The van der Waals surface area contributed by atoms with Crippen LogP contribution in [0.4, 0.5) is 11.4 Å². The van der Waals surface area contributed by atoms with Gasteiger partial charge in [-0.05, 0) is 30.3 Å². The van der Waals surface area contributed by atoms with Crippen molar-refractivity contribution in [1.29, 1.82) is 0 Å². The van der Waals surface area contributed by atoms with Crippen LogP contribution in [0.3, 0.4) is 0 Å². The predicted molar refractivity (Wildman–Crippen MR) is 112 cm³/mol. The van der Waals surface area contributed by atoms with Gasteiger partial charge in [0, 0.05) is 23.1 Å². The zero-order valence-corrected chi connectivity index (χ0v) is 15.4. The number of nitrogens with zero attached hydrogens (tertiary/aromatic N) is 3. The summed E-state index contributed by atoms with van der Waals surface area (Å²) in [5.41, 5.74) is 3.47. The number of carbonyl (C=O) groups excluding carboxylic acids is 1. The molecule has 0 unspecified atom stereocenters. The second-order valence-electron chi connectivity index (χ2n) is 6.66. The highest BCUT2D eigenvalue weighted by molar-refractivity contribution is 6.12. The molecule has 3 N–H and O–H groups in total. The largest absolute Gasteiger partial charge is 0.338 e. The Hall–Kier alpha value is -4.53. The summed E-state index contributed by atoms with van der Waals surface area (Å²) in [4.78, 5) is 31.3. The number of rotatable bonds is 4. The molecule has 9 heteroatoms. The van der Waals surface area contributed by atoms with Crippen molar-refractivity contribution in [1.82, 2.24) is 20.2 Å². The number of nitro groups is 1. The summed E-state index contributed by atoms with van der Waals surface area (Å²) in [6.45, 7) is 0. The van der Waals surface area contributed by atoms with E-state index in [1.54, 1.807) is 12.1 Å². The lowest BCUT2D eigenvalue weighted by molar-refractivity contribution is -0.384. The molecule has 0 radical (unpaired) electrons. The van der Waals surface area contributed by atoms with Crippen molar-refractivity contribution in [2.75, 3.05) is 5.32 Å². The van der Waals surface area contributed by atoms with Gasteiger partial charge in [0.1, 0.15) is 5.82 Å². The van der Waals surface area contributed by atoms with Crippen LogP contribution < -0.4 is 5.32 Å². The van der Waals surface area contributed by atoms with Crippen molar-refractivity contribution in [3.63, 3.8) is 0 Å². The molecule has 5 rings (SSSR count). The SMILES string of the molecule is O=C(Nc1ccccc1-c1nc2ccccc2[nH]1)c1n[nH]c2ccc([N+](=O)[O-])cc12. The normalized spacial score (nSPS) is 11.1. The number of hydrogen-bond acceptors (Lipinski definition) is 5. The van der Waals surface area contributed by atoms with Crippen molar-refractivity contribution < 1.29 is 9.72 Å². The second kappa shape index (κ2) is 6.82. The molecule has 0 saturated heterocycles. The number of benzene rings is 3. The maximum absolute atomic E-state index is 12.9. The number of fused-ring (bicyclic) bond motifs is 2. The number of amides is 1. The molecule has 0 fully saturated rings. The van der Waals surface area contributed by atoms with Crippen molar-refractivity contribution in [2.45, 2.75) is 0 Å². The van der Waals surface area contributed by atoms with Gasteiger partial charge in [0.15, 0.2) is 5.69 Å². The molecule has 9 nitrogen and oxygen atoms in total. The highest BCUT2D eigenvalue weighted by atomic mass is 16.6. The molecule has 0 aliphatic carbocycles. The van der Waals surface area contributed by atoms with Crippen LogP contribution in [0.25, 0.3) is 33.3 Å². The maximum atomic E-state index is 12.9. The van der Waals surface area contributed by atoms with E-state index in [-0.39, 0.29) is 11.4 Å². The van der Waals surface area contributed by atoms with Gasteiger partial charge in [-0.25, -0.2) is 4.98 Å². The molecule has 2 heterocycles. The summed E-state index contributed by atoms with van der Waals surface area (Å²) in [5.74, 6) is 0.139. The fraction of sp³-hybridized carbons (Fsp3) is 0. The van der Waals surface area contributed by atoms with Crippen LogP contribution in [0.2, 0.25) is 0 Å². The number of para-hydroxylation sites is 3. The number of aromatic amines is 2. The smallest absolute Gasteiger partial charge is 0.276 e. The van der Waals surface area contributed by atoms with Gasteiger partial charge in [0.25, 0.3) is 11.6 Å². The standard InChI is InChI=1S/C21H14N6O3/c28-21(19-14-11-12(27(29)30)9-10-16(14)25-26-19)24-15-6-2-1-5-13(15)20-22-17-7-3-4-8-18(17)23-20/h1-11H,(H,22,23)(H,24,28)(H,25,26). The molecule has 0 bridgehead atoms. The average molecular weight is 398 g/mol. The third-order valence-corrected chi connectivity index (χ3v) is 4.79. The first-order valence-electron chi connectivity index (χ1n) is 9.08. The Balaban J connectivity index is 1.52. The molecular weight excluding hydrogens is 384 g/mol. The van der Waals surface area contributed by atoms with Crippen LogP contribution in [-0.2, 0) is 0 Å². The first kappa shape index (κ1) is 17.6. The lowest BCUT2D eigenvalue weighted by Crippen LogP contribution is -2.13. The van der Waals surface area contributed by atoms with E-state index in [0.29, 0.717) is 28.0 Å². The van der Waals surface area contributed by atoms with Gasteiger partial charge in [0.2, 0.25) is 0 Å². The van der Waals surface area contributed by atoms with E-state index in [2.05, 4.69) is 25.5 Å². The van der Waals surface area contributed by atoms with Crippen molar-refractivity contribution in [3.05, 3.63) is 82.5 Å². The molecule has 0 spiro atoms. The third kappa shape index (κ3) is 2.94. The van der Waals surface area contributed by atoms with E-state index in [1.165, 1.54) is 18.2 Å². The van der Waals surface area contributed by atoms with Gasteiger partial charge in [-0.3, -0.25) is 20.0 Å². The first-order valence-corrected chi connectivity index (χ1v) is 9.08. The Morgan fingerprint density at radius 1 is 1.00 bits per heavy atom. The monoisotopic (exact) mass is 398 g/mol. The molecule has 3 aromatic carbocycles. The summed E-state index contributed by atoms with van der Waals surface area (Å²) in [5, 5.41) is 21.1. The Morgan fingerprint density at radius 3 is 2.63 bits per heavy atom. The van der Waals surface area contributed by atoms with Crippen LogP contribution in [-0.4, -0.2) is 31.0 Å². The van der Waals surface area contributed by atoms with E-state index < -0.39 is 10.8 Å². The maximum Gasteiger partial charge on any atom is 0.276 e. The molecule has 2 aromatic heterocycles. The number of carbonyl (C=O) groups is 1. The van der Waals surface area contributed by atoms with E-state index in [9.17, 15) is 14.9 Å². The van der Waals surface area contributed by atoms with Gasteiger partial charge in [-0.2, -0.15) is 5.10 Å². The summed E-state index contributed by atoms with van der Waals surface area (Å²) in [6.07, 6.45) is 0. The van der Waals surface area contributed by atoms with E-state index >= 15 is 0 Å². The van der Waals surface area contributed by atoms with E-state index in [4.69, 9.17) is 0 Å². The Kier molecular flexibility index (Phi) is 3.99. The number of anilines is 1. The molecule has 5 aromatic rings. The van der Waals surface area contributed by atoms with Crippen LogP contribution in [0.15, 0.2) is 66.7 Å². The fourth-order valence-electron chi connectivity index (χ4n) is 3.35. The Bertz CT molecular complexity index is 1400. The molecular formula is C21H14N6O3. The Morgan fingerprint density at radius 2 is 1.80 bits per heavy atom. The second-order valence-corrected chi connectivity index (χ2v) is 6.66. The lowest BCUT2D eigenvalue weighted by atomic mass is 10.1. The van der Waals surface area contributed by atoms with E-state index in [0.717, 1.165) is 11.0 Å². The van der Waals surface area contributed by atoms with E-state index in [1.807, 2.05) is 36.4 Å². The number of nitro benzene ring substituents is 1. The predicted octanol–water partition coefficient (Wildman–Crippen LogP) is 4.27. The van der Waals surface area contributed by atoms with Crippen LogP contribution >= 0.6 is 0 Å². The van der Waals surface area contributed by atoms with Gasteiger partial charge in [-0.1, -0.05) is 24.3 Å². The minimum absolute atomic E-state index is 0.0770. The molecule has 0 aliphatic heterocycles. The fourth-order valence-corrected chi connectivity index (χ4v) is 3.35. The molecule has 0 saturated carbocycles.